The van der Waals surface area contributed by atoms with Crippen LogP contribution in [0.4, 0.5) is 0 Å². The van der Waals surface area contributed by atoms with E-state index >= 15 is 0 Å². The summed E-state index contributed by atoms with van der Waals surface area (Å²) in [6, 6.07) is 25.6. The maximum Gasteiger partial charge on any atom is 0.170 e. The molecular formula is C26H26N4S. The van der Waals surface area contributed by atoms with Gasteiger partial charge in [-0.2, -0.15) is 0 Å². The Morgan fingerprint density at radius 2 is 1.81 bits per heavy atom. The lowest BCUT2D eigenvalue weighted by Crippen LogP contribution is -2.31. The first-order valence-electron chi connectivity index (χ1n) is 10.9. The van der Waals surface area contributed by atoms with Gasteiger partial charge in [0.2, 0.25) is 0 Å². The van der Waals surface area contributed by atoms with Crippen molar-refractivity contribution in [2.45, 2.75) is 31.8 Å². The van der Waals surface area contributed by atoms with Crippen LogP contribution in [-0.4, -0.2) is 26.1 Å². The fraction of sp³-hybridized carbons (Fsp3) is 0.231. The molecule has 156 valence electrons. The summed E-state index contributed by atoms with van der Waals surface area (Å²) >= 11 is 5.78. The van der Waals surface area contributed by atoms with Gasteiger partial charge in [-0.15, -0.1) is 0 Å². The molecule has 0 bridgehead atoms. The fourth-order valence-corrected chi connectivity index (χ4v) is 4.82. The normalized spacial score (nSPS) is 18.5. The number of hydrogen-bond acceptors (Lipinski definition) is 2. The molecule has 1 N–H and O–H groups in total. The number of rotatable bonds is 6. The molecule has 1 saturated heterocycles. The van der Waals surface area contributed by atoms with Crippen molar-refractivity contribution in [3.05, 3.63) is 96.6 Å². The van der Waals surface area contributed by atoms with Crippen molar-refractivity contribution < 1.29 is 0 Å². The van der Waals surface area contributed by atoms with Gasteiger partial charge in [-0.05, 0) is 65.8 Å². The van der Waals surface area contributed by atoms with Gasteiger partial charge < -0.3 is 14.8 Å². The molecule has 1 aliphatic rings. The lowest BCUT2D eigenvalue weighted by Gasteiger charge is -2.29. The predicted octanol–water partition coefficient (Wildman–Crippen LogP) is 5.80. The third-order valence-electron chi connectivity index (χ3n) is 6.04. The van der Waals surface area contributed by atoms with Crippen molar-refractivity contribution in [3.8, 4) is 5.69 Å². The number of aromatic nitrogens is 2. The molecular weight excluding hydrogens is 400 g/mol. The molecule has 2 aromatic heterocycles. The Morgan fingerprint density at radius 1 is 0.968 bits per heavy atom. The first kappa shape index (κ1) is 19.8. The molecule has 0 spiro atoms. The van der Waals surface area contributed by atoms with E-state index in [9.17, 15) is 0 Å². The molecule has 1 aliphatic heterocycles. The molecule has 3 heterocycles. The minimum absolute atomic E-state index is 0.0136. The number of benzene rings is 2. The van der Waals surface area contributed by atoms with Crippen LogP contribution in [0.5, 0.6) is 0 Å². The van der Waals surface area contributed by atoms with Gasteiger partial charge in [-0.25, -0.2) is 0 Å². The zero-order valence-corrected chi connectivity index (χ0v) is 18.4. The molecule has 1 fully saturated rings. The third kappa shape index (κ3) is 3.70. The van der Waals surface area contributed by atoms with Crippen LogP contribution in [0.2, 0.25) is 0 Å². The van der Waals surface area contributed by atoms with Gasteiger partial charge in [-0.1, -0.05) is 49.7 Å². The fourth-order valence-electron chi connectivity index (χ4n) is 4.49. The van der Waals surface area contributed by atoms with Crippen LogP contribution < -0.4 is 5.32 Å². The SMILES string of the molecule is CCCCN1C(=S)N[C@@H](c2ccccn2)[C@H]1c1cccn1-c1ccc2ccccc2c1. The maximum atomic E-state index is 5.78. The van der Waals surface area contributed by atoms with Crippen molar-refractivity contribution in [1.82, 2.24) is 19.8 Å². The Labute approximate surface area is 188 Å². The van der Waals surface area contributed by atoms with Crippen LogP contribution in [0.25, 0.3) is 16.5 Å². The molecule has 0 saturated carbocycles. The molecule has 5 rings (SSSR count). The highest BCUT2D eigenvalue weighted by atomic mass is 32.1. The number of thiocarbonyl (C=S) groups is 1. The summed E-state index contributed by atoms with van der Waals surface area (Å²) < 4.78 is 2.29. The number of fused-ring (bicyclic) bond motifs is 1. The predicted molar refractivity (Wildman–Crippen MR) is 130 cm³/mol. The third-order valence-corrected chi connectivity index (χ3v) is 6.40. The highest BCUT2D eigenvalue weighted by molar-refractivity contribution is 7.80. The van der Waals surface area contributed by atoms with E-state index in [1.807, 2.05) is 18.3 Å². The van der Waals surface area contributed by atoms with E-state index in [0.717, 1.165) is 35.9 Å². The van der Waals surface area contributed by atoms with Crippen molar-refractivity contribution in [1.29, 1.82) is 0 Å². The van der Waals surface area contributed by atoms with E-state index in [2.05, 4.69) is 93.6 Å². The number of hydrogen-bond donors (Lipinski definition) is 1. The molecule has 0 amide bonds. The van der Waals surface area contributed by atoms with Crippen LogP contribution in [0.1, 0.15) is 43.2 Å². The summed E-state index contributed by atoms with van der Waals surface area (Å²) in [6.45, 7) is 3.15. The Kier molecular flexibility index (Phi) is 5.43. The Bertz CT molecular complexity index is 1200. The van der Waals surface area contributed by atoms with E-state index < -0.39 is 0 Å². The second kappa shape index (κ2) is 8.52. The van der Waals surface area contributed by atoms with Crippen LogP contribution >= 0.6 is 12.2 Å². The number of unbranched alkanes of at least 4 members (excludes halogenated alkanes) is 1. The summed E-state index contributed by atoms with van der Waals surface area (Å²) in [5, 5.41) is 6.85. The van der Waals surface area contributed by atoms with Gasteiger partial charge in [0, 0.05) is 30.3 Å². The van der Waals surface area contributed by atoms with Gasteiger partial charge in [0.25, 0.3) is 0 Å². The minimum atomic E-state index is 0.0136. The van der Waals surface area contributed by atoms with Crippen molar-refractivity contribution in [3.63, 3.8) is 0 Å². The van der Waals surface area contributed by atoms with E-state index in [4.69, 9.17) is 12.2 Å². The zero-order chi connectivity index (χ0) is 21.2. The van der Waals surface area contributed by atoms with Gasteiger partial charge >= 0.3 is 0 Å². The van der Waals surface area contributed by atoms with Gasteiger partial charge in [-0.3, -0.25) is 4.98 Å². The Morgan fingerprint density at radius 3 is 2.61 bits per heavy atom. The zero-order valence-electron chi connectivity index (χ0n) is 17.6. The van der Waals surface area contributed by atoms with Crippen LogP contribution in [-0.2, 0) is 0 Å². The summed E-state index contributed by atoms with van der Waals surface area (Å²) in [5.41, 5.74) is 3.39. The Hall–Kier alpha value is -3.18. The summed E-state index contributed by atoms with van der Waals surface area (Å²) in [5.74, 6) is 0. The van der Waals surface area contributed by atoms with Crippen LogP contribution in [0, 0.1) is 0 Å². The van der Waals surface area contributed by atoms with Crippen LogP contribution in [0.3, 0.4) is 0 Å². The average molecular weight is 427 g/mol. The van der Waals surface area contributed by atoms with Crippen molar-refractivity contribution in [2.75, 3.05) is 6.54 Å². The quantitative estimate of drug-likeness (QED) is 0.395. The molecule has 2 aromatic carbocycles. The number of nitrogens with zero attached hydrogens (tertiary/aromatic N) is 3. The first-order valence-corrected chi connectivity index (χ1v) is 11.3. The molecule has 4 aromatic rings. The Balaban J connectivity index is 1.60. The highest BCUT2D eigenvalue weighted by Gasteiger charge is 2.40. The van der Waals surface area contributed by atoms with Gasteiger partial charge in [0.1, 0.15) is 0 Å². The molecule has 5 heteroatoms. The molecule has 4 nitrogen and oxygen atoms in total. The van der Waals surface area contributed by atoms with Crippen molar-refractivity contribution in [2.24, 2.45) is 0 Å². The van der Waals surface area contributed by atoms with E-state index in [1.165, 1.54) is 16.5 Å². The second-order valence-corrected chi connectivity index (χ2v) is 8.39. The minimum Gasteiger partial charge on any atom is -0.352 e. The molecule has 0 unspecified atom stereocenters. The summed E-state index contributed by atoms with van der Waals surface area (Å²) in [6.07, 6.45) is 6.23. The largest absolute Gasteiger partial charge is 0.352 e. The molecule has 31 heavy (non-hydrogen) atoms. The van der Waals surface area contributed by atoms with Crippen molar-refractivity contribution >= 4 is 28.1 Å². The first-order chi connectivity index (χ1) is 15.3. The topological polar surface area (TPSA) is 33.1 Å². The molecule has 0 aliphatic carbocycles. The number of nitrogens with one attached hydrogen (secondary N) is 1. The molecule has 0 radical (unpaired) electrons. The standard InChI is InChI=1S/C26H26N4S/c1-2-3-16-30-25(24(28-26(30)31)22-11-6-7-15-27-22)23-12-8-17-29(23)21-14-13-19-9-4-5-10-20(19)18-21/h4-15,17-18,24-25H,2-3,16H2,1H3,(H,28,31)/t24-,25+/m0/s1. The second-order valence-electron chi connectivity index (χ2n) is 8.01. The van der Waals surface area contributed by atoms with Crippen LogP contribution in [0.15, 0.2) is 85.2 Å². The number of pyridine rings is 1. The smallest absolute Gasteiger partial charge is 0.170 e. The van der Waals surface area contributed by atoms with E-state index in [0.29, 0.717) is 0 Å². The van der Waals surface area contributed by atoms with Gasteiger partial charge in [0.05, 0.1) is 17.8 Å². The monoisotopic (exact) mass is 426 g/mol. The molecule has 2 atom stereocenters. The van der Waals surface area contributed by atoms with E-state index in [-0.39, 0.29) is 12.1 Å². The maximum absolute atomic E-state index is 5.78. The van der Waals surface area contributed by atoms with E-state index in [1.54, 1.807) is 0 Å². The lowest BCUT2D eigenvalue weighted by molar-refractivity contribution is 0.304. The summed E-state index contributed by atoms with van der Waals surface area (Å²) in [7, 11) is 0. The van der Waals surface area contributed by atoms with Gasteiger partial charge in [0.15, 0.2) is 5.11 Å². The highest BCUT2D eigenvalue weighted by Crippen LogP contribution is 2.39. The lowest BCUT2D eigenvalue weighted by atomic mass is 10.0. The average Bonchev–Trinajstić information content (AvgIpc) is 3.42. The summed E-state index contributed by atoms with van der Waals surface area (Å²) in [4.78, 5) is 6.99.